The summed E-state index contributed by atoms with van der Waals surface area (Å²) in [5.41, 5.74) is 1.21. The number of rotatable bonds is 2. The van der Waals surface area contributed by atoms with Crippen LogP contribution >= 0.6 is 0 Å². The number of hydrogen-bond acceptors (Lipinski definition) is 4. The minimum absolute atomic E-state index is 0.00403. The number of nitriles is 1. The standard InChI is InChI=1S/C21H25NO3/c1-2-12-9-13-10-14(23)3-4-15(13)16-5-6-18-17(20(12)16)11-19(24)21(18,25)7-8-22/h2-4,10,12,16-20,23-25H,1,5-7,9,11H2. The zero-order valence-corrected chi connectivity index (χ0v) is 14.3. The van der Waals surface area contributed by atoms with E-state index in [2.05, 4.69) is 12.6 Å². The summed E-state index contributed by atoms with van der Waals surface area (Å²) >= 11 is 0. The van der Waals surface area contributed by atoms with Crippen molar-refractivity contribution in [2.75, 3.05) is 0 Å². The second-order valence-corrected chi connectivity index (χ2v) is 8.10. The highest BCUT2D eigenvalue weighted by atomic mass is 16.3. The van der Waals surface area contributed by atoms with Crippen LogP contribution in [-0.2, 0) is 6.42 Å². The molecule has 3 aliphatic carbocycles. The van der Waals surface area contributed by atoms with Crippen molar-refractivity contribution in [3.63, 3.8) is 0 Å². The van der Waals surface area contributed by atoms with Crippen molar-refractivity contribution < 1.29 is 15.3 Å². The lowest BCUT2D eigenvalue weighted by atomic mass is 9.56. The quantitative estimate of drug-likeness (QED) is 0.723. The van der Waals surface area contributed by atoms with E-state index in [1.54, 1.807) is 6.07 Å². The van der Waals surface area contributed by atoms with Crippen LogP contribution in [0.4, 0.5) is 0 Å². The predicted molar refractivity (Wildman–Crippen MR) is 93.7 cm³/mol. The van der Waals surface area contributed by atoms with E-state index in [1.165, 1.54) is 11.1 Å². The molecule has 1 aromatic carbocycles. The molecule has 4 heteroatoms. The monoisotopic (exact) mass is 339 g/mol. The Morgan fingerprint density at radius 2 is 2.16 bits per heavy atom. The van der Waals surface area contributed by atoms with Crippen molar-refractivity contribution in [1.29, 1.82) is 5.26 Å². The van der Waals surface area contributed by atoms with Gasteiger partial charge in [-0.1, -0.05) is 12.1 Å². The number of fused-ring (bicyclic) bond motifs is 5. The number of phenols is 1. The second-order valence-electron chi connectivity index (χ2n) is 8.10. The molecule has 0 saturated heterocycles. The maximum Gasteiger partial charge on any atom is 0.115 e. The summed E-state index contributed by atoms with van der Waals surface area (Å²) < 4.78 is 0. The highest BCUT2D eigenvalue weighted by molar-refractivity contribution is 5.41. The van der Waals surface area contributed by atoms with Gasteiger partial charge >= 0.3 is 0 Å². The second kappa shape index (κ2) is 5.86. The maximum atomic E-state index is 11.0. The van der Waals surface area contributed by atoms with Gasteiger partial charge in [0, 0.05) is 0 Å². The third-order valence-electron chi connectivity index (χ3n) is 7.12. The molecular weight excluding hydrogens is 314 g/mol. The number of nitrogens with zero attached hydrogens (tertiary/aromatic N) is 1. The fourth-order valence-electron chi connectivity index (χ4n) is 6.10. The number of aliphatic hydroxyl groups excluding tert-OH is 1. The predicted octanol–water partition coefficient (Wildman–Crippen LogP) is 2.89. The molecule has 4 rings (SSSR count). The Hall–Kier alpha value is -1.83. The highest BCUT2D eigenvalue weighted by Crippen LogP contribution is 2.60. The number of phenolic OH excluding ortho intramolecular Hbond substituents is 1. The fraction of sp³-hybridized carbons (Fsp3) is 0.571. The van der Waals surface area contributed by atoms with Crippen LogP contribution in [0, 0.1) is 35.0 Å². The molecule has 3 N–H and O–H groups in total. The van der Waals surface area contributed by atoms with E-state index in [1.807, 2.05) is 18.2 Å². The van der Waals surface area contributed by atoms with E-state index in [0.717, 1.165) is 19.3 Å². The zero-order chi connectivity index (χ0) is 17.8. The van der Waals surface area contributed by atoms with Gasteiger partial charge in [-0.3, -0.25) is 0 Å². The molecule has 0 aliphatic heterocycles. The molecule has 7 unspecified atom stereocenters. The van der Waals surface area contributed by atoms with Crippen molar-refractivity contribution in [2.24, 2.45) is 23.7 Å². The summed E-state index contributed by atoms with van der Waals surface area (Å²) in [5.74, 6) is 1.44. The van der Waals surface area contributed by atoms with E-state index < -0.39 is 11.7 Å². The lowest BCUT2D eigenvalue weighted by Gasteiger charge is -2.49. The SMILES string of the molecule is C=CC1Cc2cc(O)ccc2C2CCC3C(CC(O)C3(O)CC#N)C12. The first-order valence-electron chi connectivity index (χ1n) is 9.21. The van der Waals surface area contributed by atoms with Crippen LogP contribution in [0.5, 0.6) is 5.75 Å². The maximum absolute atomic E-state index is 11.0. The van der Waals surface area contributed by atoms with Crippen LogP contribution in [0.1, 0.15) is 42.7 Å². The van der Waals surface area contributed by atoms with Crippen LogP contribution in [0.25, 0.3) is 0 Å². The van der Waals surface area contributed by atoms with Gasteiger partial charge in [-0.2, -0.15) is 5.26 Å². The number of aliphatic hydroxyl groups is 2. The van der Waals surface area contributed by atoms with Crippen molar-refractivity contribution in [3.05, 3.63) is 42.0 Å². The van der Waals surface area contributed by atoms with Crippen LogP contribution in [0.15, 0.2) is 30.9 Å². The Morgan fingerprint density at radius 3 is 2.88 bits per heavy atom. The Morgan fingerprint density at radius 1 is 1.36 bits per heavy atom. The molecule has 132 valence electrons. The summed E-state index contributed by atoms with van der Waals surface area (Å²) in [6.07, 6.45) is 4.33. The molecular formula is C21H25NO3. The third kappa shape index (κ3) is 2.33. The van der Waals surface area contributed by atoms with Gasteiger partial charge < -0.3 is 15.3 Å². The molecule has 4 nitrogen and oxygen atoms in total. The summed E-state index contributed by atoms with van der Waals surface area (Å²) in [6, 6.07) is 7.73. The normalized spacial score (nSPS) is 42.0. The van der Waals surface area contributed by atoms with Gasteiger partial charge in [0.05, 0.1) is 18.6 Å². The summed E-state index contributed by atoms with van der Waals surface area (Å²) in [4.78, 5) is 0. The average molecular weight is 339 g/mol. The lowest BCUT2D eigenvalue weighted by Crippen LogP contribution is -2.47. The molecule has 0 spiro atoms. The Kier molecular flexibility index (Phi) is 3.90. The number of benzene rings is 1. The van der Waals surface area contributed by atoms with Crippen LogP contribution in [-0.4, -0.2) is 27.0 Å². The smallest absolute Gasteiger partial charge is 0.115 e. The molecule has 3 aliphatic rings. The topological polar surface area (TPSA) is 84.5 Å². The fourth-order valence-corrected chi connectivity index (χ4v) is 6.10. The first kappa shape index (κ1) is 16.6. The van der Waals surface area contributed by atoms with Crippen molar-refractivity contribution in [1.82, 2.24) is 0 Å². The van der Waals surface area contributed by atoms with Crippen LogP contribution < -0.4 is 0 Å². The third-order valence-corrected chi connectivity index (χ3v) is 7.12. The first-order valence-corrected chi connectivity index (χ1v) is 9.21. The molecule has 2 fully saturated rings. The molecule has 0 amide bonds. The van der Waals surface area contributed by atoms with Gasteiger partial charge in [0.1, 0.15) is 11.4 Å². The van der Waals surface area contributed by atoms with E-state index in [9.17, 15) is 15.3 Å². The summed E-state index contributed by atoms with van der Waals surface area (Å²) in [6.45, 7) is 4.04. The number of aromatic hydroxyl groups is 1. The molecule has 0 bridgehead atoms. The van der Waals surface area contributed by atoms with E-state index in [0.29, 0.717) is 24.0 Å². The van der Waals surface area contributed by atoms with Gasteiger partial charge in [-0.05, 0) is 78.5 Å². The van der Waals surface area contributed by atoms with Crippen molar-refractivity contribution in [3.8, 4) is 11.8 Å². The molecule has 1 aromatic rings. The Balaban J connectivity index is 1.74. The molecule has 25 heavy (non-hydrogen) atoms. The molecule has 2 saturated carbocycles. The van der Waals surface area contributed by atoms with Crippen LogP contribution in [0.3, 0.4) is 0 Å². The Labute approximate surface area is 148 Å². The number of hydrogen-bond donors (Lipinski definition) is 3. The summed E-state index contributed by atoms with van der Waals surface area (Å²) in [5, 5.41) is 40.5. The van der Waals surface area contributed by atoms with Crippen molar-refractivity contribution >= 4 is 0 Å². The minimum Gasteiger partial charge on any atom is -0.508 e. The molecule has 0 heterocycles. The van der Waals surface area contributed by atoms with Gasteiger partial charge in [0.25, 0.3) is 0 Å². The van der Waals surface area contributed by atoms with E-state index >= 15 is 0 Å². The Bertz CT molecular complexity index is 739. The number of allylic oxidation sites excluding steroid dienone is 1. The van der Waals surface area contributed by atoms with Crippen molar-refractivity contribution in [2.45, 2.75) is 49.7 Å². The van der Waals surface area contributed by atoms with Gasteiger partial charge in [-0.15, -0.1) is 6.58 Å². The molecule has 7 atom stereocenters. The van der Waals surface area contributed by atoms with Crippen LogP contribution in [0.2, 0.25) is 0 Å². The summed E-state index contributed by atoms with van der Waals surface area (Å²) in [7, 11) is 0. The largest absolute Gasteiger partial charge is 0.508 e. The van der Waals surface area contributed by atoms with Gasteiger partial charge in [0.2, 0.25) is 0 Å². The lowest BCUT2D eigenvalue weighted by molar-refractivity contribution is -0.0907. The first-order chi connectivity index (χ1) is 12.0. The van der Waals surface area contributed by atoms with E-state index in [4.69, 9.17) is 5.26 Å². The molecule has 0 radical (unpaired) electrons. The zero-order valence-electron chi connectivity index (χ0n) is 14.3. The molecule has 0 aromatic heterocycles. The van der Waals surface area contributed by atoms with Gasteiger partial charge in [0.15, 0.2) is 0 Å². The van der Waals surface area contributed by atoms with Gasteiger partial charge in [-0.25, -0.2) is 0 Å². The minimum atomic E-state index is -1.27. The highest BCUT2D eigenvalue weighted by Gasteiger charge is 2.59. The average Bonchev–Trinajstić information content (AvgIpc) is 2.84. The van der Waals surface area contributed by atoms with E-state index in [-0.39, 0.29) is 24.2 Å².